The summed E-state index contributed by atoms with van der Waals surface area (Å²) in [6.07, 6.45) is 5.16. The van der Waals surface area contributed by atoms with Gasteiger partial charge >= 0.3 is 5.69 Å². The summed E-state index contributed by atoms with van der Waals surface area (Å²) < 4.78 is 5.41. The average molecular weight is 274 g/mol. The van der Waals surface area contributed by atoms with Crippen molar-refractivity contribution in [2.75, 3.05) is 12.3 Å². The highest BCUT2D eigenvalue weighted by molar-refractivity contribution is 5.53. The second-order valence-corrected chi connectivity index (χ2v) is 4.12. The van der Waals surface area contributed by atoms with E-state index < -0.39 is 4.92 Å². The Balaban J connectivity index is 1.83. The van der Waals surface area contributed by atoms with Crippen LogP contribution in [-0.4, -0.2) is 21.5 Å². The molecule has 2 N–H and O–H groups in total. The van der Waals surface area contributed by atoms with E-state index in [1.807, 2.05) is 12.1 Å². The summed E-state index contributed by atoms with van der Waals surface area (Å²) in [5, 5.41) is 10.6. The predicted molar refractivity (Wildman–Crippen MR) is 73.4 cm³/mol. The molecular formula is C13H14N4O3. The number of nitrogens with zero attached hydrogens (tertiary/aromatic N) is 3. The summed E-state index contributed by atoms with van der Waals surface area (Å²) in [5.41, 5.74) is 6.44. The number of anilines is 1. The van der Waals surface area contributed by atoms with Gasteiger partial charge in [0.1, 0.15) is 0 Å². The number of ether oxygens (including phenoxy) is 1. The maximum Gasteiger partial charge on any atom is 0.311 e. The smallest absolute Gasteiger partial charge is 0.311 e. The van der Waals surface area contributed by atoms with Crippen molar-refractivity contribution in [3.05, 3.63) is 52.3 Å². The third-order valence-corrected chi connectivity index (χ3v) is 2.68. The SMILES string of the molecule is Nc1nc(OCCCc2ccncc2)ccc1[N+](=O)[O-]. The highest BCUT2D eigenvalue weighted by atomic mass is 16.6. The first-order chi connectivity index (χ1) is 9.66. The van der Waals surface area contributed by atoms with Crippen molar-refractivity contribution in [1.29, 1.82) is 0 Å². The lowest BCUT2D eigenvalue weighted by Gasteiger charge is -2.06. The number of hydrogen-bond acceptors (Lipinski definition) is 6. The van der Waals surface area contributed by atoms with Crippen LogP contribution in [0.25, 0.3) is 0 Å². The number of nitro groups is 1. The minimum absolute atomic E-state index is 0.137. The van der Waals surface area contributed by atoms with E-state index >= 15 is 0 Å². The molecule has 0 saturated carbocycles. The molecule has 0 radical (unpaired) electrons. The molecule has 2 aromatic rings. The zero-order valence-electron chi connectivity index (χ0n) is 10.7. The molecule has 0 bridgehead atoms. The zero-order valence-corrected chi connectivity index (χ0v) is 10.7. The van der Waals surface area contributed by atoms with Gasteiger partial charge in [-0.2, -0.15) is 4.98 Å². The van der Waals surface area contributed by atoms with Crippen LogP contribution in [0.15, 0.2) is 36.7 Å². The van der Waals surface area contributed by atoms with E-state index in [1.54, 1.807) is 12.4 Å². The molecule has 0 amide bonds. The first-order valence-corrected chi connectivity index (χ1v) is 6.09. The molecule has 7 nitrogen and oxygen atoms in total. The first-order valence-electron chi connectivity index (χ1n) is 6.09. The summed E-state index contributed by atoms with van der Waals surface area (Å²) >= 11 is 0. The zero-order chi connectivity index (χ0) is 14.4. The van der Waals surface area contributed by atoms with Crippen LogP contribution in [0.5, 0.6) is 5.88 Å². The topological polar surface area (TPSA) is 104 Å². The number of hydrogen-bond donors (Lipinski definition) is 1. The lowest BCUT2D eigenvalue weighted by Crippen LogP contribution is -2.04. The van der Waals surface area contributed by atoms with Gasteiger partial charge < -0.3 is 10.5 Å². The van der Waals surface area contributed by atoms with E-state index in [0.717, 1.165) is 12.8 Å². The molecule has 0 spiro atoms. The fourth-order valence-corrected chi connectivity index (χ4v) is 1.69. The molecule has 0 aliphatic heterocycles. The Morgan fingerprint density at radius 3 is 2.65 bits per heavy atom. The Hall–Kier alpha value is -2.70. The normalized spacial score (nSPS) is 10.2. The van der Waals surface area contributed by atoms with Gasteiger partial charge in [0.05, 0.1) is 11.5 Å². The van der Waals surface area contributed by atoms with Gasteiger partial charge in [0.25, 0.3) is 0 Å². The van der Waals surface area contributed by atoms with Gasteiger partial charge in [0.15, 0.2) is 0 Å². The van der Waals surface area contributed by atoms with Crippen LogP contribution in [0.4, 0.5) is 11.5 Å². The first kappa shape index (κ1) is 13.7. The van der Waals surface area contributed by atoms with Gasteiger partial charge in [-0.25, -0.2) is 0 Å². The van der Waals surface area contributed by atoms with Crippen LogP contribution in [0.3, 0.4) is 0 Å². The monoisotopic (exact) mass is 274 g/mol. The van der Waals surface area contributed by atoms with Gasteiger partial charge in [0, 0.05) is 24.5 Å². The minimum atomic E-state index is -0.574. The maximum absolute atomic E-state index is 10.6. The molecule has 7 heteroatoms. The Morgan fingerprint density at radius 1 is 1.25 bits per heavy atom. The van der Waals surface area contributed by atoms with E-state index in [4.69, 9.17) is 10.5 Å². The van der Waals surface area contributed by atoms with Crippen LogP contribution >= 0.6 is 0 Å². The second-order valence-electron chi connectivity index (χ2n) is 4.12. The van der Waals surface area contributed by atoms with E-state index in [-0.39, 0.29) is 11.5 Å². The fourth-order valence-electron chi connectivity index (χ4n) is 1.69. The lowest BCUT2D eigenvalue weighted by molar-refractivity contribution is -0.384. The van der Waals surface area contributed by atoms with E-state index in [2.05, 4.69) is 9.97 Å². The van der Waals surface area contributed by atoms with Gasteiger partial charge in [-0.15, -0.1) is 0 Å². The average Bonchev–Trinajstić information content (AvgIpc) is 2.44. The van der Waals surface area contributed by atoms with E-state index in [1.165, 1.54) is 17.7 Å². The van der Waals surface area contributed by atoms with Crippen molar-refractivity contribution in [2.45, 2.75) is 12.8 Å². The number of nitrogen functional groups attached to an aromatic ring is 1. The molecule has 104 valence electrons. The third kappa shape index (κ3) is 3.64. The summed E-state index contributed by atoms with van der Waals surface area (Å²) in [4.78, 5) is 17.8. The van der Waals surface area contributed by atoms with Crippen molar-refractivity contribution < 1.29 is 9.66 Å². The molecule has 20 heavy (non-hydrogen) atoms. The largest absolute Gasteiger partial charge is 0.478 e. The number of pyridine rings is 2. The van der Waals surface area contributed by atoms with Crippen LogP contribution in [0.1, 0.15) is 12.0 Å². The highest BCUT2D eigenvalue weighted by Gasteiger charge is 2.13. The van der Waals surface area contributed by atoms with Crippen molar-refractivity contribution in [2.24, 2.45) is 0 Å². The Morgan fingerprint density at radius 2 is 2.00 bits per heavy atom. The molecule has 0 fully saturated rings. The van der Waals surface area contributed by atoms with Crippen molar-refractivity contribution in [3.63, 3.8) is 0 Å². The van der Waals surface area contributed by atoms with Gasteiger partial charge in [-0.1, -0.05) is 0 Å². The molecule has 0 saturated heterocycles. The van der Waals surface area contributed by atoms with Gasteiger partial charge in [-0.05, 0) is 30.5 Å². The molecule has 0 atom stereocenters. The maximum atomic E-state index is 10.6. The molecule has 0 aliphatic carbocycles. The summed E-state index contributed by atoms with van der Waals surface area (Å²) in [6, 6.07) is 6.63. The number of nitrogens with two attached hydrogens (primary N) is 1. The minimum Gasteiger partial charge on any atom is -0.478 e. The molecule has 0 unspecified atom stereocenters. The molecule has 0 aliphatic rings. The Bertz CT molecular complexity index is 589. The molecule has 2 heterocycles. The molecule has 2 aromatic heterocycles. The number of aryl methyl sites for hydroxylation is 1. The molecular weight excluding hydrogens is 260 g/mol. The predicted octanol–water partition coefficient (Wildman–Crippen LogP) is 1.98. The summed E-state index contributed by atoms with van der Waals surface area (Å²) in [7, 11) is 0. The van der Waals surface area contributed by atoms with Crippen molar-refractivity contribution >= 4 is 11.5 Å². The lowest BCUT2D eigenvalue weighted by atomic mass is 10.1. The standard InChI is InChI=1S/C13H14N4O3/c14-13-11(17(18)19)3-4-12(16-13)20-9-1-2-10-5-7-15-8-6-10/h3-8H,1-2,9H2,(H2,14,16). The van der Waals surface area contributed by atoms with Crippen molar-refractivity contribution in [3.8, 4) is 5.88 Å². The van der Waals surface area contributed by atoms with Crippen LogP contribution in [0, 0.1) is 10.1 Å². The van der Waals surface area contributed by atoms with E-state index in [0.29, 0.717) is 12.5 Å². The molecule has 0 aromatic carbocycles. The summed E-state index contributed by atoms with van der Waals surface area (Å²) in [5.74, 6) is 0.157. The second kappa shape index (κ2) is 6.46. The van der Waals surface area contributed by atoms with E-state index in [9.17, 15) is 10.1 Å². The number of aromatic nitrogens is 2. The van der Waals surface area contributed by atoms with Gasteiger partial charge in [-0.3, -0.25) is 15.1 Å². The van der Waals surface area contributed by atoms with Crippen molar-refractivity contribution in [1.82, 2.24) is 9.97 Å². The van der Waals surface area contributed by atoms with Gasteiger partial charge in [0.2, 0.25) is 11.7 Å². The highest BCUT2D eigenvalue weighted by Crippen LogP contribution is 2.21. The quantitative estimate of drug-likeness (QED) is 0.490. The fraction of sp³-hybridized carbons (Fsp3) is 0.231. The third-order valence-electron chi connectivity index (χ3n) is 2.68. The summed E-state index contributed by atoms with van der Waals surface area (Å²) in [6.45, 7) is 0.465. The Labute approximate surface area is 115 Å². The number of rotatable bonds is 6. The molecule has 2 rings (SSSR count). The Kier molecular flexibility index (Phi) is 4.43. The van der Waals surface area contributed by atoms with Crippen LogP contribution in [0.2, 0.25) is 0 Å². The van der Waals surface area contributed by atoms with Crippen LogP contribution < -0.4 is 10.5 Å². The van der Waals surface area contributed by atoms with Crippen LogP contribution in [-0.2, 0) is 6.42 Å².